The summed E-state index contributed by atoms with van der Waals surface area (Å²) < 4.78 is 68.1. The van der Waals surface area contributed by atoms with Crippen LogP contribution in [0.5, 0.6) is 0 Å². The number of rotatable bonds is 65. The zero-order valence-corrected chi connectivity index (χ0v) is 58.4. The SMILES string of the molecule is CC(C)CCCCCCCCCCCCCCCCC(=O)O[C@H](COC(=O)CCCCCCCCCC(C)C)COP(=O)(O)OC[C@@H](O)COP(=O)(O)OC[C@@H](COC(=O)CCCCCCCCC(C)C)OC(=O)CCCCCCCCCCC(C)C. The molecule has 17 nitrogen and oxygen atoms in total. The molecule has 0 aliphatic heterocycles. The normalized spacial score (nSPS) is 14.3. The van der Waals surface area contributed by atoms with E-state index < -0.39 is 97.5 Å². The van der Waals surface area contributed by atoms with Gasteiger partial charge in [0, 0.05) is 25.7 Å². The van der Waals surface area contributed by atoms with Crippen molar-refractivity contribution >= 4 is 39.5 Å². The molecule has 516 valence electrons. The number of aliphatic hydroxyl groups excluding tert-OH is 1. The van der Waals surface area contributed by atoms with Crippen molar-refractivity contribution < 1.29 is 80.2 Å². The highest BCUT2D eigenvalue weighted by Crippen LogP contribution is 2.45. The highest BCUT2D eigenvalue weighted by atomic mass is 31.2. The first-order chi connectivity index (χ1) is 41.6. The van der Waals surface area contributed by atoms with Gasteiger partial charge < -0.3 is 33.8 Å². The maximum atomic E-state index is 13.0. The molecule has 0 saturated heterocycles. The number of hydrogen-bond acceptors (Lipinski definition) is 15. The minimum absolute atomic E-state index is 0.103. The van der Waals surface area contributed by atoms with Crippen LogP contribution in [-0.4, -0.2) is 96.7 Å². The van der Waals surface area contributed by atoms with Crippen molar-refractivity contribution in [2.45, 2.75) is 350 Å². The van der Waals surface area contributed by atoms with Crippen molar-refractivity contribution in [1.29, 1.82) is 0 Å². The quantitative estimate of drug-likeness (QED) is 0.0222. The van der Waals surface area contributed by atoms with Gasteiger partial charge in [0.05, 0.1) is 26.4 Å². The average Bonchev–Trinajstić information content (AvgIpc) is 3.67. The summed E-state index contributed by atoms with van der Waals surface area (Å²) in [5, 5.41) is 10.6. The largest absolute Gasteiger partial charge is 0.472 e. The molecule has 19 heteroatoms. The lowest BCUT2D eigenvalue weighted by Gasteiger charge is -2.21. The fraction of sp³-hybridized carbons (Fsp3) is 0.941. The van der Waals surface area contributed by atoms with Crippen LogP contribution in [0.25, 0.3) is 0 Å². The van der Waals surface area contributed by atoms with E-state index in [-0.39, 0.29) is 25.7 Å². The molecule has 3 N–H and O–H groups in total. The Bertz CT molecular complexity index is 1730. The number of unbranched alkanes of at least 4 members (excludes halogenated alkanes) is 31. The minimum Gasteiger partial charge on any atom is -0.462 e. The molecule has 0 bridgehead atoms. The summed E-state index contributed by atoms with van der Waals surface area (Å²) in [7, 11) is -9.90. The molecule has 0 rings (SSSR count). The lowest BCUT2D eigenvalue weighted by molar-refractivity contribution is -0.161. The maximum absolute atomic E-state index is 13.0. The van der Waals surface area contributed by atoms with Crippen molar-refractivity contribution in [3.8, 4) is 0 Å². The molecule has 0 radical (unpaired) electrons. The Hall–Kier alpha value is -1.94. The van der Waals surface area contributed by atoms with E-state index in [9.17, 15) is 43.2 Å². The third-order valence-electron chi connectivity index (χ3n) is 15.6. The molecule has 87 heavy (non-hydrogen) atoms. The minimum atomic E-state index is -4.95. The monoisotopic (exact) mass is 1280 g/mol. The fourth-order valence-electron chi connectivity index (χ4n) is 10.1. The van der Waals surface area contributed by atoms with Crippen molar-refractivity contribution in [3.63, 3.8) is 0 Å². The van der Waals surface area contributed by atoms with Crippen LogP contribution in [0.1, 0.15) is 331 Å². The molecule has 0 aliphatic carbocycles. The van der Waals surface area contributed by atoms with Gasteiger partial charge in [0.25, 0.3) is 0 Å². The standard InChI is InChI=1S/C68H132O17P2/c1-58(2)44-36-28-20-15-13-11-9-10-12-14-16-23-34-42-50-67(72)84-63(54-78-65(70)48-40-32-25-19-22-30-38-46-60(5)6)56-82-86(74,75)80-52-62(69)53-81-87(76,77)83-57-64(55-79-66(71)49-41-33-27-26-31-39-47-61(7)8)85-68(73)51-43-35-24-18-17-21-29-37-45-59(3)4/h58-64,69H,9-57H2,1-8H3,(H,74,75)(H,76,77)/t62-,63-,64-/m1/s1. The van der Waals surface area contributed by atoms with Crippen LogP contribution in [0.4, 0.5) is 0 Å². The lowest BCUT2D eigenvalue weighted by Crippen LogP contribution is -2.30. The molecular formula is C68H132O17P2. The predicted octanol–water partition coefficient (Wildman–Crippen LogP) is 18.9. The maximum Gasteiger partial charge on any atom is 0.472 e. The van der Waals surface area contributed by atoms with Gasteiger partial charge in [0.15, 0.2) is 12.2 Å². The zero-order chi connectivity index (χ0) is 64.7. The van der Waals surface area contributed by atoms with Crippen LogP contribution >= 0.6 is 15.6 Å². The zero-order valence-electron chi connectivity index (χ0n) is 56.6. The molecule has 0 heterocycles. The molecule has 2 unspecified atom stereocenters. The van der Waals surface area contributed by atoms with E-state index in [2.05, 4.69) is 55.4 Å². The first-order valence-corrected chi connectivity index (χ1v) is 38.2. The summed E-state index contributed by atoms with van der Waals surface area (Å²) in [4.78, 5) is 72.4. The molecule has 0 spiro atoms. The molecule has 0 amide bonds. The smallest absolute Gasteiger partial charge is 0.462 e. The second-order valence-electron chi connectivity index (χ2n) is 26.5. The Balaban J connectivity index is 5.22. The Morgan fingerprint density at radius 2 is 0.483 bits per heavy atom. The summed E-state index contributed by atoms with van der Waals surface area (Å²) in [6.07, 6.45) is 39.2. The van der Waals surface area contributed by atoms with Gasteiger partial charge in [-0.1, -0.05) is 280 Å². The van der Waals surface area contributed by atoms with Crippen LogP contribution in [0.3, 0.4) is 0 Å². The molecule has 0 saturated carbocycles. The highest BCUT2D eigenvalue weighted by molar-refractivity contribution is 7.47. The molecule has 0 fully saturated rings. The summed E-state index contributed by atoms with van der Waals surface area (Å²) in [6.45, 7) is 14.0. The third kappa shape index (κ3) is 62.6. The van der Waals surface area contributed by atoms with Crippen molar-refractivity contribution in [1.82, 2.24) is 0 Å². The van der Waals surface area contributed by atoms with E-state index in [0.717, 1.165) is 115 Å². The number of carbonyl (C=O) groups excluding carboxylic acids is 4. The summed E-state index contributed by atoms with van der Waals surface area (Å²) in [5.74, 6) is 0.762. The van der Waals surface area contributed by atoms with Gasteiger partial charge in [0.1, 0.15) is 19.3 Å². The van der Waals surface area contributed by atoms with Gasteiger partial charge in [-0.2, -0.15) is 0 Å². The van der Waals surface area contributed by atoms with Gasteiger partial charge in [-0.05, 0) is 49.4 Å². The van der Waals surface area contributed by atoms with Gasteiger partial charge in [-0.25, -0.2) is 9.13 Å². The molecule has 5 atom stereocenters. The van der Waals surface area contributed by atoms with Gasteiger partial charge >= 0.3 is 39.5 Å². The number of aliphatic hydroxyl groups is 1. The van der Waals surface area contributed by atoms with E-state index >= 15 is 0 Å². The van der Waals surface area contributed by atoms with E-state index in [1.54, 1.807) is 0 Å². The topological polar surface area (TPSA) is 237 Å². The van der Waals surface area contributed by atoms with Crippen molar-refractivity contribution in [2.75, 3.05) is 39.6 Å². The van der Waals surface area contributed by atoms with Crippen LogP contribution in [0, 0.1) is 23.7 Å². The molecule has 0 aliphatic rings. The van der Waals surface area contributed by atoms with Crippen molar-refractivity contribution in [2.24, 2.45) is 23.7 Å². The number of hydrogen-bond donors (Lipinski definition) is 3. The van der Waals surface area contributed by atoms with E-state index in [1.807, 2.05) is 0 Å². The Kier molecular flexibility index (Phi) is 56.6. The Morgan fingerprint density at radius 1 is 0.287 bits per heavy atom. The van der Waals surface area contributed by atoms with E-state index in [0.29, 0.717) is 37.5 Å². The van der Waals surface area contributed by atoms with Crippen molar-refractivity contribution in [3.05, 3.63) is 0 Å². The molecule has 0 aromatic carbocycles. The van der Waals surface area contributed by atoms with Gasteiger partial charge in [0.2, 0.25) is 0 Å². The van der Waals surface area contributed by atoms with Crippen LogP contribution in [0.2, 0.25) is 0 Å². The fourth-order valence-corrected chi connectivity index (χ4v) is 11.7. The second kappa shape index (κ2) is 57.9. The third-order valence-corrected chi connectivity index (χ3v) is 17.5. The average molecular weight is 1280 g/mol. The lowest BCUT2D eigenvalue weighted by atomic mass is 10.0. The van der Waals surface area contributed by atoms with Crippen LogP contribution < -0.4 is 0 Å². The first kappa shape index (κ1) is 85.1. The summed E-state index contributed by atoms with van der Waals surface area (Å²) in [6, 6.07) is 0. The Labute approximate surface area is 530 Å². The molecular weight excluding hydrogens is 1150 g/mol. The molecule has 0 aromatic heterocycles. The Morgan fingerprint density at radius 3 is 0.713 bits per heavy atom. The first-order valence-electron chi connectivity index (χ1n) is 35.2. The number of esters is 4. The van der Waals surface area contributed by atoms with E-state index in [1.165, 1.54) is 122 Å². The number of phosphoric acid groups is 2. The summed E-state index contributed by atoms with van der Waals surface area (Å²) >= 11 is 0. The number of phosphoric ester groups is 2. The highest BCUT2D eigenvalue weighted by Gasteiger charge is 2.30. The van der Waals surface area contributed by atoms with E-state index in [4.69, 9.17) is 37.0 Å². The molecule has 0 aromatic rings. The number of carbonyl (C=O) groups is 4. The van der Waals surface area contributed by atoms with Crippen LogP contribution in [-0.2, 0) is 65.4 Å². The number of ether oxygens (including phenoxy) is 4. The predicted molar refractivity (Wildman–Crippen MR) is 349 cm³/mol. The second-order valence-corrected chi connectivity index (χ2v) is 29.4. The van der Waals surface area contributed by atoms with Crippen LogP contribution in [0.15, 0.2) is 0 Å². The summed E-state index contributed by atoms with van der Waals surface area (Å²) in [5.41, 5.74) is 0. The van der Waals surface area contributed by atoms with Gasteiger partial charge in [-0.15, -0.1) is 0 Å². The van der Waals surface area contributed by atoms with Gasteiger partial charge in [-0.3, -0.25) is 37.3 Å².